The molecule has 1 aliphatic rings. The SMILES string of the molecule is C[C@@H](NC(=O)C(c1ccccc1)c1ccccc1)[C@H]1COc2ccccc2O1. The fourth-order valence-electron chi connectivity index (χ4n) is 3.47. The second kappa shape index (κ2) is 8.17. The van der Waals surface area contributed by atoms with Crippen LogP contribution in [0.25, 0.3) is 0 Å². The first-order chi connectivity index (χ1) is 13.7. The Morgan fingerprint density at radius 1 is 0.857 bits per heavy atom. The molecule has 1 amide bonds. The highest BCUT2D eigenvalue weighted by Gasteiger charge is 2.30. The van der Waals surface area contributed by atoms with Gasteiger partial charge in [0.15, 0.2) is 17.6 Å². The molecule has 0 spiro atoms. The van der Waals surface area contributed by atoms with Gasteiger partial charge in [0.2, 0.25) is 5.91 Å². The number of hydrogen-bond acceptors (Lipinski definition) is 3. The maximum absolute atomic E-state index is 13.2. The third-order valence-electron chi connectivity index (χ3n) is 4.99. The number of fused-ring (bicyclic) bond motifs is 1. The molecule has 0 aliphatic carbocycles. The van der Waals surface area contributed by atoms with Gasteiger partial charge in [0.25, 0.3) is 0 Å². The maximum Gasteiger partial charge on any atom is 0.232 e. The van der Waals surface area contributed by atoms with Gasteiger partial charge in [-0.3, -0.25) is 4.79 Å². The Balaban J connectivity index is 1.52. The van der Waals surface area contributed by atoms with E-state index in [4.69, 9.17) is 9.47 Å². The molecule has 0 aromatic heterocycles. The van der Waals surface area contributed by atoms with E-state index in [1.54, 1.807) is 0 Å². The summed E-state index contributed by atoms with van der Waals surface area (Å²) in [4.78, 5) is 13.2. The van der Waals surface area contributed by atoms with E-state index in [1.165, 1.54) is 0 Å². The third kappa shape index (κ3) is 3.86. The Morgan fingerprint density at radius 2 is 1.39 bits per heavy atom. The number of carbonyl (C=O) groups excluding carboxylic acids is 1. The normalized spacial score (nSPS) is 16.4. The van der Waals surface area contributed by atoms with Crippen LogP contribution in [0.5, 0.6) is 11.5 Å². The molecule has 2 atom stereocenters. The summed E-state index contributed by atoms with van der Waals surface area (Å²) in [6, 6.07) is 27.1. The smallest absolute Gasteiger partial charge is 0.232 e. The molecule has 3 aromatic carbocycles. The Hall–Kier alpha value is -3.27. The summed E-state index contributed by atoms with van der Waals surface area (Å²) in [6.07, 6.45) is -0.244. The standard InChI is InChI=1S/C24H23NO3/c1-17(22-16-27-20-14-8-9-15-21(20)28-22)25-24(26)23(18-10-4-2-5-11-18)19-12-6-3-7-13-19/h2-15,17,22-23H,16H2,1H3,(H,25,26)/t17-,22-/m1/s1. The van der Waals surface area contributed by atoms with Crippen molar-refractivity contribution in [3.8, 4) is 11.5 Å². The van der Waals surface area contributed by atoms with Crippen molar-refractivity contribution in [3.05, 3.63) is 96.1 Å². The van der Waals surface area contributed by atoms with Crippen LogP contribution in [-0.2, 0) is 4.79 Å². The minimum Gasteiger partial charge on any atom is -0.486 e. The molecular formula is C24H23NO3. The number of amides is 1. The van der Waals surface area contributed by atoms with Gasteiger partial charge in [0, 0.05) is 0 Å². The zero-order valence-corrected chi connectivity index (χ0v) is 15.7. The van der Waals surface area contributed by atoms with E-state index in [0.29, 0.717) is 12.4 Å². The molecule has 4 heteroatoms. The lowest BCUT2D eigenvalue weighted by molar-refractivity contribution is -0.123. The number of ether oxygens (including phenoxy) is 2. The quantitative estimate of drug-likeness (QED) is 0.730. The lowest BCUT2D eigenvalue weighted by Crippen LogP contribution is -2.49. The van der Waals surface area contributed by atoms with E-state index in [0.717, 1.165) is 16.9 Å². The number of rotatable bonds is 5. The molecule has 3 aromatic rings. The van der Waals surface area contributed by atoms with Crippen molar-refractivity contribution in [2.24, 2.45) is 0 Å². The number of nitrogens with one attached hydrogen (secondary N) is 1. The second-order valence-electron chi connectivity index (χ2n) is 6.97. The average Bonchev–Trinajstić information content (AvgIpc) is 2.75. The molecule has 0 bridgehead atoms. The van der Waals surface area contributed by atoms with Crippen LogP contribution in [0.2, 0.25) is 0 Å². The zero-order valence-electron chi connectivity index (χ0n) is 15.7. The predicted octanol–water partition coefficient (Wildman–Crippen LogP) is 4.16. The van der Waals surface area contributed by atoms with Gasteiger partial charge in [0.05, 0.1) is 12.0 Å². The van der Waals surface area contributed by atoms with Crippen molar-refractivity contribution >= 4 is 5.91 Å². The van der Waals surface area contributed by atoms with Crippen molar-refractivity contribution in [3.63, 3.8) is 0 Å². The average molecular weight is 373 g/mol. The molecular weight excluding hydrogens is 350 g/mol. The number of benzene rings is 3. The van der Waals surface area contributed by atoms with Crippen molar-refractivity contribution in [2.75, 3.05) is 6.61 Å². The molecule has 0 saturated heterocycles. The lowest BCUT2D eigenvalue weighted by Gasteiger charge is -2.31. The van der Waals surface area contributed by atoms with Crippen LogP contribution >= 0.6 is 0 Å². The van der Waals surface area contributed by atoms with E-state index in [2.05, 4.69) is 5.32 Å². The van der Waals surface area contributed by atoms with Gasteiger partial charge in [0.1, 0.15) is 6.61 Å². The summed E-state index contributed by atoms with van der Waals surface area (Å²) < 4.78 is 11.8. The van der Waals surface area contributed by atoms with Crippen molar-refractivity contribution in [2.45, 2.75) is 25.0 Å². The molecule has 4 nitrogen and oxygen atoms in total. The summed E-state index contributed by atoms with van der Waals surface area (Å²) in [5.74, 6) is 1.03. The third-order valence-corrected chi connectivity index (χ3v) is 4.99. The van der Waals surface area contributed by atoms with E-state index < -0.39 is 0 Å². The number of carbonyl (C=O) groups is 1. The van der Waals surface area contributed by atoms with Gasteiger partial charge in [-0.2, -0.15) is 0 Å². The van der Waals surface area contributed by atoms with Crippen LogP contribution in [0.1, 0.15) is 24.0 Å². The van der Waals surface area contributed by atoms with Gasteiger partial charge in [-0.25, -0.2) is 0 Å². The van der Waals surface area contributed by atoms with Gasteiger partial charge >= 0.3 is 0 Å². The summed E-state index contributed by atoms with van der Waals surface area (Å²) in [6.45, 7) is 2.35. The molecule has 0 unspecified atom stereocenters. The van der Waals surface area contributed by atoms with E-state index >= 15 is 0 Å². The van der Waals surface area contributed by atoms with Gasteiger partial charge in [-0.05, 0) is 30.2 Å². The zero-order chi connectivity index (χ0) is 19.3. The van der Waals surface area contributed by atoms with Crippen LogP contribution in [-0.4, -0.2) is 24.7 Å². The molecule has 4 rings (SSSR count). The molecule has 0 fully saturated rings. The van der Waals surface area contributed by atoms with Crippen molar-refractivity contribution in [1.29, 1.82) is 0 Å². The highest BCUT2D eigenvalue weighted by atomic mass is 16.6. The molecule has 142 valence electrons. The predicted molar refractivity (Wildman–Crippen MR) is 109 cm³/mol. The first-order valence-electron chi connectivity index (χ1n) is 9.51. The summed E-state index contributed by atoms with van der Waals surface area (Å²) in [5, 5.41) is 3.13. The van der Waals surface area contributed by atoms with E-state index in [-0.39, 0.29) is 24.0 Å². The minimum atomic E-state index is -0.373. The number of para-hydroxylation sites is 2. The molecule has 1 N–H and O–H groups in total. The monoisotopic (exact) mass is 373 g/mol. The topological polar surface area (TPSA) is 47.6 Å². The Labute approximate surface area is 165 Å². The molecule has 1 heterocycles. The molecule has 1 aliphatic heterocycles. The van der Waals surface area contributed by atoms with Crippen LogP contribution < -0.4 is 14.8 Å². The molecule has 0 radical (unpaired) electrons. The van der Waals surface area contributed by atoms with Crippen molar-refractivity contribution < 1.29 is 14.3 Å². The lowest BCUT2D eigenvalue weighted by atomic mass is 9.90. The first kappa shape index (κ1) is 18.1. The van der Waals surface area contributed by atoms with Crippen molar-refractivity contribution in [1.82, 2.24) is 5.32 Å². The summed E-state index contributed by atoms with van der Waals surface area (Å²) in [7, 11) is 0. The first-order valence-corrected chi connectivity index (χ1v) is 9.51. The highest BCUT2D eigenvalue weighted by Crippen LogP contribution is 2.32. The van der Waals surface area contributed by atoms with Crippen LogP contribution in [0.4, 0.5) is 0 Å². The molecule has 28 heavy (non-hydrogen) atoms. The second-order valence-corrected chi connectivity index (χ2v) is 6.97. The molecule has 0 saturated carbocycles. The largest absolute Gasteiger partial charge is 0.486 e. The van der Waals surface area contributed by atoms with Crippen LogP contribution in [0.15, 0.2) is 84.9 Å². The van der Waals surface area contributed by atoms with Gasteiger partial charge < -0.3 is 14.8 Å². The van der Waals surface area contributed by atoms with Crippen LogP contribution in [0.3, 0.4) is 0 Å². The number of hydrogen-bond donors (Lipinski definition) is 1. The van der Waals surface area contributed by atoms with Gasteiger partial charge in [-0.15, -0.1) is 0 Å². The van der Waals surface area contributed by atoms with Gasteiger partial charge in [-0.1, -0.05) is 72.8 Å². The van der Waals surface area contributed by atoms with E-state index in [1.807, 2.05) is 91.9 Å². The fraction of sp³-hybridized carbons (Fsp3) is 0.208. The summed E-state index contributed by atoms with van der Waals surface area (Å²) in [5.41, 5.74) is 1.93. The Bertz CT molecular complexity index is 887. The Kier molecular flexibility index (Phi) is 5.29. The minimum absolute atomic E-state index is 0.0487. The summed E-state index contributed by atoms with van der Waals surface area (Å²) >= 11 is 0. The maximum atomic E-state index is 13.2. The Morgan fingerprint density at radius 3 is 2.00 bits per heavy atom. The van der Waals surface area contributed by atoms with Crippen LogP contribution in [0, 0.1) is 0 Å². The fourth-order valence-corrected chi connectivity index (χ4v) is 3.47. The van der Waals surface area contributed by atoms with E-state index in [9.17, 15) is 4.79 Å². The highest BCUT2D eigenvalue weighted by molar-refractivity contribution is 5.87.